The Balaban J connectivity index is 1.63. The molecule has 0 aliphatic heterocycles. The lowest BCUT2D eigenvalue weighted by Crippen LogP contribution is -2.68. The van der Waals surface area contributed by atoms with E-state index in [1.54, 1.807) is 4.52 Å². The number of nitrogens with two attached hydrogens (primary N) is 1. The lowest BCUT2D eigenvalue weighted by atomic mass is 9.49. The molecule has 26 heavy (non-hydrogen) atoms. The Morgan fingerprint density at radius 1 is 1.27 bits per heavy atom. The van der Waals surface area contributed by atoms with Gasteiger partial charge in [-0.25, -0.2) is 4.52 Å². The Labute approximate surface area is 158 Å². The quantitative estimate of drug-likeness (QED) is 0.604. The number of aliphatic hydroxyl groups is 2. The van der Waals surface area contributed by atoms with Crippen LogP contribution in [0.4, 0.5) is 5.69 Å². The number of nitrogens with one attached hydrogen (secondary N) is 1. The van der Waals surface area contributed by atoms with Gasteiger partial charge in [-0.05, 0) is 60.0 Å². The zero-order valence-electron chi connectivity index (χ0n) is 14.2. The summed E-state index contributed by atoms with van der Waals surface area (Å²) in [6.45, 7) is 0. The molecule has 0 saturated heterocycles. The van der Waals surface area contributed by atoms with Gasteiger partial charge in [0, 0.05) is 22.6 Å². The number of hydrogen-bond acceptors (Lipinski definition) is 5. The zero-order chi connectivity index (χ0) is 18.3. The number of fused-ring (bicyclic) bond motifs is 1. The van der Waals surface area contributed by atoms with Gasteiger partial charge < -0.3 is 21.3 Å². The maximum atomic E-state index is 12.0. The average molecular weight is 421 g/mol. The van der Waals surface area contributed by atoms with Crippen molar-refractivity contribution in [2.75, 3.05) is 5.32 Å². The average Bonchev–Trinajstić information content (AvgIpc) is 2.83. The van der Waals surface area contributed by atoms with E-state index in [-0.39, 0.29) is 5.92 Å². The van der Waals surface area contributed by atoms with Crippen LogP contribution in [0.15, 0.2) is 22.9 Å². The Kier molecular flexibility index (Phi) is 3.17. The minimum Gasteiger partial charge on any atom is -0.390 e. The summed E-state index contributed by atoms with van der Waals surface area (Å²) < 4.78 is 2.53. The number of primary amides is 1. The molecule has 2 aromatic heterocycles. The summed E-state index contributed by atoms with van der Waals surface area (Å²) >= 11 is 3.45. The minimum atomic E-state index is -0.847. The fourth-order valence-electron chi connectivity index (χ4n) is 6.08. The van der Waals surface area contributed by atoms with E-state index in [0.717, 1.165) is 29.3 Å². The number of carbonyl (C=O) groups excluding carboxylic acids is 1. The van der Waals surface area contributed by atoms with Crippen molar-refractivity contribution in [3.63, 3.8) is 0 Å². The predicted octanol–water partition coefficient (Wildman–Crippen LogP) is 1.81. The van der Waals surface area contributed by atoms with E-state index < -0.39 is 22.6 Å². The van der Waals surface area contributed by atoms with Crippen LogP contribution in [0.2, 0.25) is 0 Å². The standard InChI is InChI=1S/C18H21BrN4O3/c19-11-1-13-14(12(15(20)24)5-21-23(13)6-11)22-16-2-10-3-17(25,7-16)9-18(26,4-10)8-16/h1,5-6,10,22,25-26H,2-4,7-9H2,(H2,20,24). The molecule has 8 heteroatoms. The van der Waals surface area contributed by atoms with E-state index in [1.165, 1.54) is 6.20 Å². The van der Waals surface area contributed by atoms with Crippen molar-refractivity contribution >= 4 is 33.0 Å². The third-order valence-corrected chi connectivity index (χ3v) is 6.70. The number of rotatable bonds is 3. The Hall–Kier alpha value is -1.64. The van der Waals surface area contributed by atoms with Crippen LogP contribution in [-0.4, -0.2) is 42.5 Å². The monoisotopic (exact) mass is 420 g/mol. The topological polar surface area (TPSA) is 113 Å². The Morgan fingerprint density at radius 3 is 2.58 bits per heavy atom. The van der Waals surface area contributed by atoms with Crippen LogP contribution >= 0.6 is 15.9 Å². The highest BCUT2D eigenvalue weighted by Gasteiger charge is 2.63. The second-order valence-corrected chi connectivity index (χ2v) is 9.56. The van der Waals surface area contributed by atoms with E-state index in [4.69, 9.17) is 5.73 Å². The van der Waals surface area contributed by atoms with Gasteiger partial charge in [-0.3, -0.25) is 4.79 Å². The first kappa shape index (κ1) is 16.5. The number of anilines is 1. The first-order valence-electron chi connectivity index (χ1n) is 8.88. The molecule has 4 aliphatic carbocycles. The number of carbonyl (C=O) groups is 1. The first-order chi connectivity index (χ1) is 12.2. The number of halogens is 1. The van der Waals surface area contributed by atoms with Gasteiger partial charge >= 0.3 is 0 Å². The minimum absolute atomic E-state index is 0.280. The van der Waals surface area contributed by atoms with Crippen molar-refractivity contribution < 1.29 is 15.0 Å². The van der Waals surface area contributed by atoms with E-state index in [2.05, 4.69) is 26.3 Å². The second-order valence-electron chi connectivity index (χ2n) is 8.65. The highest BCUT2D eigenvalue weighted by atomic mass is 79.9. The van der Waals surface area contributed by atoms with Gasteiger partial charge in [-0.15, -0.1) is 0 Å². The van der Waals surface area contributed by atoms with Crippen LogP contribution in [0, 0.1) is 5.92 Å². The molecular weight excluding hydrogens is 400 g/mol. The molecule has 4 saturated carbocycles. The highest BCUT2D eigenvalue weighted by molar-refractivity contribution is 9.10. The fraction of sp³-hybridized carbons (Fsp3) is 0.556. The van der Waals surface area contributed by atoms with Crippen LogP contribution in [0.25, 0.3) is 5.52 Å². The van der Waals surface area contributed by atoms with E-state index in [0.29, 0.717) is 30.5 Å². The predicted molar refractivity (Wildman–Crippen MR) is 98.9 cm³/mol. The van der Waals surface area contributed by atoms with E-state index >= 15 is 0 Å². The van der Waals surface area contributed by atoms with E-state index in [1.807, 2.05) is 12.3 Å². The van der Waals surface area contributed by atoms with Crippen LogP contribution in [0.5, 0.6) is 0 Å². The van der Waals surface area contributed by atoms with Crippen molar-refractivity contribution in [1.29, 1.82) is 0 Å². The van der Waals surface area contributed by atoms with Crippen LogP contribution in [-0.2, 0) is 0 Å². The lowest BCUT2D eigenvalue weighted by Gasteiger charge is -2.63. The van der Waals surface area contributed by atoms with Crippen LogP contribution < -0.4 is 11.1 Å². The molecule has 2 heterocycles. The molecule has 1 amide bonds. The molecule has 5 N–H and O–H groups in total. The van der Waals surface area contributed by atoms with Crippen molar-refractivity contribution in [3.8, 4) is 0 Å². The normalized spacial score (nSPS) is 38.0. The van der Waals surface area contributed by atoms with Gasteiger partial charge in [0.25, 0.3) is 5.91 Å². The molecule has 0 spiro atoms. The van der Waals surface area contributed by atoms with Gasteiger partial charge in [0.2, 0.25) is 0 Å². The van der Waals surface area contributed by atoms with Crippen molar-refractivity contribution in [2.24, 2.45) is 11.7 Å². The third kappa shape index (κ3) is 2.39. The molecule has 4 bridgehead atoms. The molecule has 138 valence electrons. The molecule has 7 nitrogen and oxygen atoms in total. The molecule has 4 fully saturated rings. The summed E-state index contributed by atoms with van der Waals surface area (Å²) in [5.41, 5.74) is 5.12. The molecule has 2 atom stereocenters. The fourth-order valence-corrected chi connectivity index (χ4v) is 6.50. The Bertz CT molecular complexity index is 924. The number of nitrogens with zero attached hydrogens (tertiary/aromatic N) is 2. The third-order valence-electron chi connectivity index (χ3n) is 6.27. The summed E-state index contributed by atoms with van der Waals surface area (Å²) in [5, 5.41) is 29.8. The Morgan fingerprint density at radius 2 is 1.96 bits per heavy atom. The zero-order valence-corrected chi connectivity index (χ0v) is 15.8. The summed E-state index contributed by atoms with van der Waals surface area (Å²) in [6, 6.07) is 1.88. The van der Waals surface area contributed by atoms with Crippen LogP contribution in [0.1, 0.15) is 48.9 Å². The number of amides is 1. The maximum Gasteiger partial charge on any atom is 0.252 e. The van der Waals surface area contributed by atoms with Crippen molar-refractivity contribution in [3.05, 3.63) is 28.5 Å². The van der Waals surface area contributed by atoms with Gasteiger partial charge in [0.05, 0.1) is 34.2 Å². The smallest absolute Gasteiger partial charge is 0.252 e. The summed E-state index contributed by atoms with van der Waals surface area (Å²) in [6.07, 6.45) is 7.19. The maximum absolute atomic E-state index is 12.0. The summed E-state index contributed by atoms with van der Waals surface area (Å²) in [5.74, 6) is -0.274. The first-order valence-corrected chi connectivity index (χ1v) is 9.67. The molecular formula is C18H21BrN4O3. The largest absolute Gasteiger partial charge is 0.390 e. The molecule has 0 aromatic carbocycles. The van der Waals surface area contributed by atoms with Gasteiger partial charge in [-0.2, -0.15) is 5.10 Å². The van der Waals surface area contributed by atoms with Crippen molar-refractivity contribution in [1.82, 2.24) is 9.61 Å². The molecule has 4 aliphatic rings. The number of aromatic nitrogens is 2. The molecule has 0 radical (unpaired) electrons. The van der Waals surface area contributed by atoms with Gasteiger partial charge in [0.1, 0.15) is 0 Å². The molecule has 2 unspecified atom stereocenters. The summed E-state index contributed by atoms with van der Waals surface area (Å²) in [4.78, 5) is 12.0. The molecule has 6 rings (SSSR count). The van der Waals surface area contributed by atoms with Gasteiger partial charge in [-0.1, -0.05) is 0 Å². The van der Waals surface area contributed by atoms with Gasteiger partial charge in [0.15, 0.2) is 0 Å². The second kappa shape index (κ2) is 4.99. The van der Waals surface area contributed by atoms with Crippen LogP contribution in [0.3, 0.4) is 0 Å². The lowest BCUT2D eigenvalue weighted by molar-refractivity contribution is -0.200. The van der Waals surface area contributed by atoms with E-state index in [9.17, 15) is 15.0 Å². The number of hydrogen-bond donors (Lipinski definition) is 4. The highest BCUT2D eigenvalue weighted by Crippen LogP contribution is 2.60. The molecule has 2 aromatic rings. The SMILES string of the molecule is NC(=O)c1cnn2cc(Br)cc2c1NC12CC3CC(O)(CC(O)(C3)C1)C2. The summed E-state index contributed by atoms with van der Waals surface area (Å²) in [7, 11) is 0. The van der Waals surface area contributed by atoms with Crippen molar-refractivity contribution in [2.45, 2.75) is 55.3 Å².